The number of rotatable bonds is 6. The van der Waals surface area contributed by atoms with Crippen molar-refractivity contribution in [3.05, 3.63) is 0 Å². The van der Waals surface area contributed by atoms with Gasteiger partial charge in [0.25, 0.3) is 0 Å². The number of carbonyl (C=O) groups is 2. The van der Waals surface area contributed by atoms with E-state index in [4.69, 9.17) is 0 Å². The quantitative estimate of drug-likeness (QED) is 0.808. The number of amides is 2. The molecule has 0 aromatic rings. The van der Waals surface area contributed by atoms with Crippen LogP contribution in [0.15, 0.2) is 0 Å². The Kier molecular flexibility index (Phi) is 7.53. The molecule has 0 aromatic heterocycles. The molecule has 0 saturated carbocycles. The van der Waals surface area contributed by atoms with E-state index in [0.29, 0.717) is 6.42 Å². The number of likely N-dealkylation sites (tertiary alicyclic amines) is 2. The lowest BCUT2D eigenvalue weighted by atomic mass is 9.92. The number of hydrogen-bond donors (Lipinski definition) is 1. The van der Waals surface area contributed by atoms with Crippen LogP contribution in [0.25, 0.3) is 0 Å². The van der Waals surface area contributed by atoms with Crippen molar-refractivity contribution in [3.8, 4) is 0 Å². The third-order valence-corrected chi connectivity index (χ3v) is 5.35. The van der Waals surface area contributed by atoms with E-state index in [1.165, 1.54) is 6.42 Å². The van der Waals surface area contributed by atoms with Gasteiger partial charge in [0.15, 0.2) is 0 Å². The van der Waals surface area contributed by atoms with Gasteiger partial charge in [-0.3, -0.25) is 9.59 Å². The topological polar surface area (TPSA) is 52.7 Å². The lowest BCUT2D eigenvalue weighted by Gasteiger charge is -2.35. The van der Waals surface area contributed by atoms with E-state index < -0.39 is 0 Å². The van der Waals surface area contributed by atoms with E-state index in [-0.39, 0.29) is 17.7 Å². The molecular weight excluding hydrogens is 302 g/mol. The van der Waals surface area contributed by atoms with Gasteiger partial charge in [-0.25, -0.2) is 0 Å². The maximum atomic E-state index is 12.3. The lowest BCUT2D eigenvalue weighted by molar-refractivity contribution is -0.135. The van der Waals surface area contributed by atoms with E-state index in [0.717, 1.165) is 70.4 Å². The second-order valence-corrected chi connectivity index (χ2v) is 7.90. The Morgan fingerprint density at radius 3 is 2.29 bits per heavy atom. The van der Waals surface area contributed by atoms with Crippen molar-refractivity contribution in [1.82, 2.24) is 15.1 Å². The molecule has 5 nitrogen and oxygen atoms in total. The van der Waals surface area contributed by atoms with E-state index in [1.807, 2.05) is 11.8 Å². The maximum absolute atomic E-state index is 12.3. The summed E-state index contributed by atoms with van der Waals surface area (Å²) in [5, 5.41) is 3.11. The molecule has 24 heavy (non-hydrogen) atoms. The summed E-state index contributed by atoms with van der Waals surface area (Å²) in [5.74, 6) is 2.01. The Morgan fingerprint density at radius 1 is 1.08 bits per heavy atom. The third kappa shape index (κ3) is 5.76. The largest absolute Gasteiger partial charge is 0.355 e. The lowest BCUT2D eigenvalue weighted by Crippen LogP contribution is -2.46. The number of nitrogens with zero attached hydrogens (tertiary/aromatic N) is 2. The number of hydrogen-bond acceptors (Lipinski definition) is 3. The molecule has 2 aliphatic heterocycles. The van der Waals surface area contributed by atoms with Gasteiger partial charge in [0.1, 0.15) is 0 Å². The first-order valence-corrected chi connectivity index (χ1v) is 9.77. The number of piperidine rings is 2. The SMILES string of the molecule is CCCC(=O)N1CCC(C(=O)NCCN2C[C@H](C)C[C@@H](C)C2)CC1. The van der Waals surface area contributed by atoms with Crippen molar-refractivity contribution >= 4 is 11.8 Å². The minimum atomic E-state index is 0.0786. The minimum Gasteiger partial charge on any atom is -0.355 e. The Labute approximate surface area is 147 Å². The fourth-order valence-corrected chi connectivity index (χ4v) is 4.22. The molecular formula is C19H35N3O2. The summed E-state index contributed by atoms with van der Waals surface area (Å²) >= 11 is 0. The van der Waals surface area contributed by atoms with Gasteiger partial charge < -0.3 is 15.1 Å². The molecule has 138 valence electrons. The van der Waals surface area contributed by atoms with Crippen molar-refractivity contribution in [3.63, 3.8) is 0 Å². The Morgan fingerprint density at radius 2 is 1.71 bits per heavy atom. The van der Waals surface area contributed by atoms with Crippen LogP contribution in [-0.4, -0.2) is 60.9 Å². The minimum absolute atomic E-state index is 0.0786. The van der Waals surface area contributed by atoms with E-state index in [1.54, 1.807) is 0 Å². The van der Waals surface area contributed by atoms with Crippen molar-refractivity contribution in [2.45, 2.75) is 52.9 Å². The normalized spacial score (nSPS) is 26.4. The molecule has 2 fully saturated rings. The smallest absolute Gasteiger partial charge is 0.223 e. The first-order valence-electron chi connectivity index (χ1n) is 9.77. The van der Waals surface area contributed by atoms with Crippen LogP contribution in [0.1, 0.15) is 52.9 Å². The molecule has 0 aliphatic carbocycles. The monoisotopic (exact) mass is 337 g/mol. The van der Waals surface area contributed by atoms with Crippen molar-refractivity contribution in [1.29, 1.82) is 0 Å². The molecule has 2 amide bonds. The van der Waals surface area contributed by atoms with Crippen LogP contribution in [0.3, 0.4) is 0 Å². The summed E-state index contributed by atoms with van der Waals surface area (Å²) in [6.07, 6.45) is 4.45. The van der Waals surface area contributed by atoms with Gasteiger partial charge in [-0.05, 0) is 37.5 Å². The van der Waals surface area contributed by atoms with Gasteiger partial charge in [0.2, 0.25) is 11.8 Å². The molecule has 5 heteroatoms. The zero-order chi connectivity index (χ0) is 17.5. The highest BCUT2D eigenvalue weighted by Crippen LogP contribution is 2.21. The predicted octanol–water partition coefficient (Wildman–Crippen LogP) is 2.12. The molecule has 2 rings (SSSR count). The number of carbonyl (C=O) groups excluding carboxylic acids is 2. The van der Waals surface area contributed by atoms with Gasteiger partial charge in [0, 0.05) is 51.6 Å². The van der Waals surface area contributed by atoms with Gasteiger partial charge in [0.05, 0.1) is 0 Å². The van der Waals surface area contributed by atoms with Gasteiger partial charge in [-0.2, -0.15) is 0 Å². The molecule has 0 aromatic carbocycles. The van der Waals surface area contributed by atoms with E-state index in [9.17, 15) is 9.59 Å². The average Bonchev–Trinajstić information content (AvgIpc) is 2.54. The molecule has 2 aliphatic rings. The summed E-state index contributed by atoms with van der Waals surface area (Å²) in [7, 11) is 0. The second kappa shape index (κ2) is 9.40. The van der Waals surface area contributed by atoms with Gasteiger partial charge >= 0.3 is 0 Å². The van der Waals surface area contributed by atoms with Crippen LogP contribution >= 0.6 is 0 Å². The van der Waals surface area contributed by atoms with Crippen LogP contribution in [0.5, 0.6) is 0 Å². The third-order valence-electron chi connectivity index (χ3n) is 5.35. The highest BCUT2D eigenvalue weighted by molar-refractivity contribution is 5.80. The molecule has 0 bridgehead atoms. The average molecular weight is 338 g/mol. The second-order valence-electron chi connectivity index (χ2n) is 7.90. The van der Waals surface area contributed by atoms with Crippen LogP contribution in [0.4, 0.5) is 0 Å². The predicted molar refractivity (Wildman–Crippen MR) is 96.6 cm³/mol. The van der Waals surface area contributed by atoms with Crippen LogP contribution in [0, 0.1) is 17.8 Å². The molecule has 2 atom stereocenters. The molecule has 0 radical (unpaired) electrons. The van der Waals surface area contributed by atoms with E-state index in [2.05, 4.69) is 24.1 Å². The fourth-order valence-electron chi connectivity index (χ4n) is 4.22. The van der Waals surface area contributed by atoms with Gasteiger partial charge in [-0.1, -0.05) is 20.8 Å². The zero-order valence-corrected chi connectivity index (χ0v) is 15.7. The molecule has 1 N–H and O–H groups in total. The van der Waals surface area contributed by atoms with Crippen molar-refractivity contribution < 1.29 is 9.59 Å². The van der Waals surface area contributed by atoms with Crippen LogP contribution in [0.2, 0.25) is 0 Å². The molecule has 2 heterocycles. The summed E-state index contributed by atoms with van der Waals surface area (Å²) in [6, 6.07) is 0. The summed E-state index contributed by atoms with van der Waals surface area (Å²) < 4.78 is 0. The Bertz CT molecular complexity index is 409. The maximum Gasteiger partial charge on any atom is 0.223 e. The van der Waals surface area contributed by atoms with Crippen LogP contribution < -0.4 is 5.32 Å². The highest BCUT2D eigenvalue weighted by atomic mass is 16.2. The highest BCUT2D eigenvalue weighted by Gasteiger charge is 2.27. The molecule has 2 saturated heterocycles. The first kappa shape index (κ1) is 19.2. The van der Waals surface area contributed by atoms with E-state index >= 15 is 0 Å². The van der Waals surface area contributed by atoms with Crippen molar-refractivity contribution in [2.75, 3.05) is 39.3 Å². The fraction of sp³-hybridized carbons (Fsp3) is 0.895. The molecule has 0 unspecified atom stereocenters. The molecule has 0 spiro atoms. The van der Waals surface area contributed by atoms with Crippen molar-refractivity contribution in [2.24, 2.45) is 17.8 Å². The zero-order valence-electron chi connectivity index (χ0n) is 15.7. The van der Waals surface area contributed by atoms with Crippen LogP contribution in [-0.2, 0) is 9.59 Å². The van der Waals surface area contributed by atoms with Gasteiger partial charge in [-0.15, -0.1) is 0 Å². The summed E-state index contributed by atoms with van der Waals surface area (Å²) in [6.45, 7) is 12.1. The summed E-state index contributed by atoms with van der Waals surface area (Å²) in [5.41, 5.74) is 0. The standard InChI is InChI=1S/C19H35N3O2/c1-4-5-18(23)22-9-6-17(7-10-22)19(24)20-8-11-21-13-15(2)12-16(3)14-21/h15-17H,4-14H2,1-3H3,(H,20,24)/t15-,16-/m1/s1. The first-order chi connectivity index (χ1) is 11.5. The number of nitrogens with one attached hydrogen (secondary N) is 1. The Balaban J connectivity index is 1.64. The Hall–Kier alpha value is -1.10. The summed E-state index contributed by atoms with van der Waals surface area (Å²) in [4.78, 5) is 28.6.